The first-order chi connectivity index (χ1) is 9.74. The van der Waals surface area contributed by atoms with Crippen LogP contribution in [0.25, 0.3) is 0 Å². The number of thiophene rings is 1. The fraction of sp³-hybridized carbons (Fsp3) is 0.312. The number of rotatable bonds is 4. The molecule has 0 spiro atoms. The van der Waals surface area contributed by atoms with E-state index in [2.05, 4.69) is 21.7 Å². The molecule has 2 aromatic rings. The third-order valence-electron chi connectivity index (χ3n) is 3.92. The highest BCUT2D eigenvalue weighted by molar-refractivity contribution is 7.07. The largest absolute Gasteiger partial charge is 0.366 e. The minimum atomic E-state index is -0.367. The van der Waals surface area contributed by atoms with Crippen molar-refractivity contribution in [3.05, 3.63) is 57.8 Å². The molecule has 1 aromatic heterocycles. The van der Waals surface area contributed by atoms with E-state index in [1.165, 1.54) is 24.0 Å². The van der Waals surface area contributed by atoms with Gasteiger partial charge >= 0.3 is 0 Å². The van der Waals surface area contributed by atoms with Crippen LogP contribution in [-0.4, -0.2) is 17.4 Å². The van der Waals surface area contributed by atoms with Crippen molar-refractivity contribution in [3.8, 4) is 0 Å². The quantitative estimate of drug-likeness (QED) is 0.938. The normalized spacial score (nSPS) is 19.3. The summed E-state index contributed by atoms with van der Waals surface area (Å²) < 4.78 is 0. The lowest BCUT2D eigenvalue weighted by atomic mass is 10.1. The van der Waals surface area contributed by atoms with Crippen molar-refractivity contribution >= 4 is 17.2 Å². The molecule has 0 unspecified atom stereocenters. The number of hydrogen-bond donors (Lipinski definition) is 1. The van der Waals surface area contributed by atoms with Crippen molar-refractivity contribution in [2.75, 3.05) is 6.54 Å². The predicted molar refractivity (Wildman–Crippen MR) is 81.7 cm³/mol. The molecule has 2 N–H and O–H groups in total. The van der Waals surface area contributed by atoms with Gasteiger partial charge in [-0.2, -0.15) is 11.3 Å². The smallest absolute Gasteiger partial charge is 0.248 e. The van der Waals surface area contributed by atoms with Crippen LogP contribution in [-0.2, 0) is 6.54 Å². The summed E-state index contributed by atoms with van der Waals surface area (Å²) in [6.45, 7) is 2.07. The third kappa shape index (κ3) is 2.76. The zero-order valence-electron chi connectivity index (χ0n) is 11.3. The van der Waals surface area contributed by atoms with Gasteiger partial charge in [-0.05, 0) is 59.5 Å². The van der Waals surface area contributed by atoms with Gasteiger partial charge in [-0.1, -0.05) is 12.1 Å². The molecule has 3 rings (SSSR count). The number of carbonyl (C=O) groups excluding carboxylic acids is 1. The molecule has 1 aromatic carbocycles. The van der Waals surface area contributed by atoms with Gasteiger partial charge in [0.1, 0.15) is 0 Å². The molecular formula is C16H18N2OS. The number of amides is 1. The summed E-state index contributed by atoms with van der Waals surface area (Å²) in [5, 5.41) is 4.40. The Labute approximate surface area is 123 Å². The molecule has 0 aliphatic carbocycles. The summed E-state index contributed by atoms with van der Waals surface area (Å²) in [6.07, 6.45) is 2.48. The summed E-state index contributed by atoms with van der Waals surface area (Å²) in [4.78, 5) is 13.6. The third-order valence-corrected chi connectivity index (χ3v) is 4.62. The number of likely N-dealkylation sites (tertiary alicyclic amines) is 1. The van der Waals surface area contributed by atoms with Crippen LogP contribution < -0.4 is 5.73 Å². The summed E-state index contributed by atoms with van der Waals surface area (Å²) >= 11 is 1.76. The number of primary amides is 1. The minimum Gasteiger partial charge on any atom is -0.366 e. The maximum Gasteiger partial charge on any atom is 0.248 e. The van der Waals surface area contributed by atoms with Gasteiger partial charge in [0.15, 0.2) is 0 Å². The van der Waals surface area contributed by atoms with Crippen LogP contribution in [0, 0.1) is 0 Å². The highest BCUT2D eigenvalue weighted by Crippen LogP contribution is 2.34. The fourth-order valence-electron chi connectivity index (χ4n) is 2.87. The molecule has 3 nitrogen and oxygen atoms in total. The summed E-state index contributed by atoms with van der Waals surface area (Å²) in [5.41, 5.74) is 8.50. The Morgan fingerprint density at radius 3 is 2.75 bits per heavy atom. The van der Waals surface area contributed by atoms with Gasteiger partial charge in [0, 0.05) is 18.2 Å². The van der Waals surface area contributed by atoms with Gasteiger partial charge in [0.25, 0.3) is 0 Å². The van der Waals surface area contributed by atoms with E-state index in [4.69, 9.17) is 5.73 Å². The van der Waals surface area contributed by atoms with Crippen LogP contribution in [0.5, 0.6) is 0 Å². The summed E-state index contributed by atoms with van der Waals surface area (Å²) in [6, 6.07) is 10.4. The van der Waals surface area contributed by atoms with Gasteiger partial charge in [-0.3, -0.25) is 9.69 Å². The van der Waals surface area contributed by atoms with Crippen molar-refractivity contribution in [1.29, 1.82) is 0 Å². The van der Waals surface area contributed by atoms with E-state index in [9.17, 15) is 4.79 Å². The second-order valence-electron chi connectivity index (χ2n) is 5.25. The lowest BCUT2D eigenvalue weighted by Crippen LogP contribution is -2.22. The topological polar surface area (TPSA) is 46.3 Å². The van der Waals surface area contributed by atoms with E-state index in [-0.39, 0.29) is 5.91 Å². The Morgan fingerprint density at radius 2 is 2.10 bits per heavy atom. The van der Waals surface area contributed by atoms with Gasteiger partial charge < -0.3 is 5.73 Å². The van der Waals surface area contributed by atoms with Gasteiger partial charge in [0.2, 0.25) is 5.91 Å². The van der Waals surface area contributed by atoms with Crippen molar-refractivity contribution in [2.45, 2.75) is 25.4 Å². The number of carbonyl (C=O) groups is 1. The highest BCUT2D eigenvalue weighted by atomic mass is 32.1. The Kier molecular flexibility index (Phi) is 3.85. The highest BCUT2D eigenvalue weighted by Gasteiger charge is 2.26. The van der Waals surface area contributed by atoms with E-state index in [1.54, 1.807) is 11.3 Å². The molecule has 20 heavy (non-hydrogen) atoms. The van der Waals surface area contributed by atoms with Gasteiger partial charge in [-0.15, -0.1) is 0 Å². The van der Waals surface area contributed by atoms with E-state index >= 15 is 0 Å². The van der Waals surface area contributed by atoms with Crippen molar-refractivity contribution in [2.24, 2.45) is 5.73 Å². The second-order valence-corrected chi connectivity index (χ2v) is 6.03. The fourth-order valence-corrected chi connectivity index (χ4v) is 3.57. The van der Waals surface area contributed by atoms with Gasteiger partial charge in [-0.25, -0.2) is 0 Å². The molecule has 1 saturated heterocycles. The van der Waals surface area contributed by atoms with Crippen LogP contribution in [0.3, 0.4) is 0 Å². The first-order valence-corrected chi connectivity index (χ1v) is 7.83. The zero-order valence-corrected chi connectivity index (χ0v) is 12.1. The molecule has 1 amide bonds. The lowest BCUT2D eigenvalue weighted by Gasteiger charge is -2.24. The molecule has 1 aliphatic rings. The van der Waals surface area contributed by atoms with Crippen molar-refractivity contribution in [1.82, 2.24) is 4.90 Å². The Morgan fingerprint density at radius 1 is 1.30 bits per heavy atom. The number of nitrogens with two attached hydrogens (primary N) is 1. The zero-order chi connectivity index (χ0) is 13.9. The van der Waals surface area contributed by atoms with Gasteiger partial charge in [0.05, 0.1) is 0 Å². The molecule has 0 bridgehead atoms. The van der Waals surface area contributed by atoms with Crippen LogP contribution >= 0.6 is 11.3 Å². The molecule has 4 heteroatoms. The predicted octanol–water partition coefficient (Wildman–Crippen LogP) is 3.18. The maximum absolute atomic E-state index is 11.1. The van der Waals surface area contributed by atoms with E-state index in [1.807, 2.05) is 24.3 Å². The van der Waals surface area contributed by atoms with Crippen LogP contribution in [0.2, 0.25) is 0 Å². The SMILES string of the molecule is NC(=O)c1ccc(CN2CCC[C@@H]2c2ccsc2)cc1. The van der Waals surface area contributed by atoms with Crippen LogP contribution in [0.15, 0.2) is 41.1 Å². The molecule has 1 fully saturated rings. The first-order valence-electron chi connectivity index (χ1n) is 6.89. The molecule has 2 heterocycles. The molecule has 0 radical (unpaired) electrons. The molecule has 0 saturated carbocycles. The van der Waals surface area contributed by atoms with E-state index < -0.39 is 0 Å². The summed E-state index contributed by atoms with van der Waals surface area (Å²) in [7, 11) is 0. The van der Waals surface area contributed by atoms with Crippen LogP contribution in [0.1, 0.15) is 40.4 Å². The molecular weight excluding hydrogens is 268 g/mol. The van der Waals surface area contributed by atoms with E-state index in [0.29, 0.717) is 11.6 Å². The molecule has 1 atom stereocenters. The first kappa shape index (κ1) is 13.3. The van der Waals surface area contributed by atoms with Crippen LogP contribution in [0.4, 0.5) is 0 Å². The Balaban J connectivity index is 1.72. The second kappa shape index (κ2) is 5.77. The standard InChI is InChI=1S/C16H18N2OS/c17-16(19)13-5-3-12(4-6-13)10-18-8-1-2-15(18)14-7-9-20-11-14/h3-7,9,11,15H,1-2,8,10H2,(H2,17,19)/t15-/m1/s1. The van der Waals surface area contributed by atoms with E-state index in [0.717, 1.165) is 13.1 Å². The number of nitrogens with zero attached hydrogens (tertiary/aromatic N) is 1. The van der Waals surface area contributed by atoms with Crippen molar-refractivity contribution < 1.29 is 4.79 Å². The minimum absolute atomic E-state index is 0.367. The summed E-state index contributed by atoms with van der Waals surface area (Å²) in [5.74, 6) is -0.367. The Hall–Kier alpha value is -1.65. The average Bonchev–Trinajstić information content (AvgIpc) is 3.09. The monoisotopic (exact) mass is 286 g/mol. The number of benzene rings is 1. The number of hydrogen-bond acceptors (Lipinski definition) is 3. The average molecular weight is 286 g/mol. The lowest BCUT2D eigenvalue weighted by molar-refractivity contribution is 0.100. The maximum atomic E-state index is 11.1. The molecule has 104 valence electrons. The van der Waals surface area contributed by atoms with Crippen molar-refractivity contribution in [3.63, 3.8) is 0 Å². The molecule has 1 aliphatic heterocycles. The Bertz CT molecular complexity index is 577.